The van der Waals surface area contributed by atoms with E-state index in [4.69, 9.17) is 15.7 Å². The number of pyridine rings is 1. The van der Waals surface area contributed by atoms with E-state index in [1.165, 1.54) is 0 Å². The summed E-state index contributed by atoms with van der Waals surface area (Å²) >= 11 is 0. The largest absolute Gasteiger partial charge is 0.409 e. The van der Waals surface area contributed by atoms with Crippen molar-refractivity contribution in [1.29, 1.82) is 0 Å². The van der Waals surface area contributed by atoms with Gasteiger partial charge < -0.3 is 20.6 Å². The van der Waals surface area contributed by atoms with Gasteiger partial charge in [0, 0.05) is 24.3 Å². The van der Waals surface area contributed by atoms with E-state index in [1.807, 2.05) is 13.0 Å². The van der Waals surface area contributed by atoms with Crippen LogP contribution in [-0.2, 0) is 4.74 Å². The lowest BCUT2D eigenvalue weighted by Gasteiger charge is -2.39. The maximum Gasteiger partial charge on any atom is 0.170 e. The molecule has 19 heavy (non-hydrogen) atoms. The van der Waals surface area contributed by atoms with E-state index in [0.29, 0.717) is 12.2 Å². The fourth-order valence-electron chi connectivity index (χ4n) is 2.23. The molecule has 0 bridgehead atoms. The van der Waals surface area contributed by atoms with E-state index in [-0.39, 0.29) is 11.4 Å². The topological polar surface area (TPSA) is 84.0 Å². The summed E-state index contributed by atoms with van der Waals surface area (Å²) in [4.78, 5) is 6.68. The summed E-state index contributed by atoms with van der Waals surface area (Å²) in [5.41, 5.74) is 6.96. The SMILES string of the molecule is Cc1cc(/C(N)=N/O)cc(N2CCOC(C)(C)C2)n1. The third kappa shape index (κ3) is 3.14. The molecule has 0 spiro atoms. The Balaban J connectivity index is 2.32. The molecule has 0 saturated carbocycles. The summed E-state index contributed by atoms with van der Waals surface area (Å²) in [5.74, 6) is 0.928. The molecular weight excluding hydrogens is 244 g/mol. The summed E-state index contributed by atoms with van der Waals surface area (Å²) in [6, 6.07) is 3.63. The number of amidine groups is 1. The molecule has 1 fully saturated rings. The van der Waals surface area contributed by atoms with Crippen LogP contribution >= 0.6 is 0 Å². The zero-order valence-electron chi connectivity index (χ0n) is 11.6. The van der Waals surface area contributed by atoms with Gasteiger partial charge in [-0.1, -0.05) is 5.16 Å². The van der Waals surface area contributed by atoms with Crippen LogP contribution in [0.3, 0.4) is 0 Å². The van der Waals surface area contributed by atoms with Crippen LogP contribution in [0.15, 0.2) is 17.3 Å². The fraction of sp³-hybridized carbons (Fsp3) is 0.538. The van der Waals surface area contributed by atoms with Gasteiger partial charge in [-0.25, -0.2) is 4.98 Å². The standard InChI is InChI=1S/C13H20N4O2/c1-9-6-10(12(14)16-18)7-11(15-9)17-4-5-19-13(2,3)8-17/h6-7,18H,4-5,8H2,1-3H3,(H2,14,16). The summed E-state index contributed by atoms with van der Waals surface area (Å²) in [6.45, 7) is 8.22. The first-order valence-corrected chi connectivity index (χ1v) is 6.27. The smallest absolute Gasteiger partial charge is 0.170 e. The molecule has 3 N–H and O–H groups in total. The van der Waals surface area contributed by atoms with E-state index >= 15 is 0 Å². The Bertz CT molecular complexity index is 499. The van der Waals surface area contributed by atoms with Gasteiger partial charge in [0.1, 0.15) is 5.82 Å². The number of ether oxygens (including phenoxy) is 1. The second-order valence-electron chi connectivity index (χ2n) is 5.37. The van der Waals surface area contributed by atoms with Crippen molar-refractivity contribution in [2.45, 2.75) is 26.4 Å². The van der Waals surface area contributed by atoms with Gasteiger partial charge in [0.2, 0.25) is 0 Å². The summed E-state index contributed by atoms with van der Waals surface area (Å²) < 4.78 is 5.69. The van der Waals surface area contributed by atoms with Crippen LogP contribution in [-0.4, -0.2) is 41.3 Å². The van der Waals surface area contributed by atoms with Crippen LogP contribution in [0.5, 0.6) is 0 Å². The third-order valence-corrected chi connectivity index (χ3v) is 3.09. The van der Waals surface area contributed by atoms with Crippen LogP contribution in [0.4, 0.5) is 5.82 Å². The second-order valence-corrected chi connectivity index (χ2v) is 5.37. The Morgan fingerprint density at radius 1 is 1.53 bits per heavy atom. The first-order valence-electron chi connectivity index (χ1n) is 6.27. The van der Waals surface area contributed by atoms with Crippen molar-refractivity contribution in [3.8, 4) is 0 Å². The number of morpholine rings is 1. The van der Waals surface area contributed by atoms with Gasteiger partial charge in [0.25, 0.3) is 0 Å². The quantitative estimate of drug-likeness (QED) is 0.362. The molecule has 1 saturated heterocycles. The molecule has 1 aromatic heterocycles. The molecule has 1 aromatic rings. The van der Waals surface area contributed by atoms with Gasteiger partial charge in [-0.05, 0) is 32.9 Å². The molecule has 6 nitrogen and oxygen atoms in total. The predicted molar refractivity (Wildman–Crippen MR) is 73.7 cm³/mol. The average Bonchev–Trinajstić information content (AvgIpc) is 2.36. The van der Waals surface area contributed by atoms with Gasteiger partial charge in [-0.15, -0.1) is 0 Å². The Labute approximate surface area is 112 Å². The maximum atomic E-state index is 8.77. The van der Waals surface area contributed by atoms with Crippen molar-refractivity contribution in [3.63, 3.8) is 0 Å². The molecule has 0 radical (unpaired) electrons. The summed E-state index contributed by atoms with van der Waals surface area (Å²) in [5, 5.41) is 11.8. The van der Waals surface area contributed by atoms with Gasteiger partial charge in [0.05, 0.1) is 12.2 Å². The van der Waals surface area contributed by atoms with Crippen molar-refractivity contribution in [2.75, 3.05) is 24.6 Å². The minimum atomic E-state index is -0.194. The number of oxime groups is 1. The first kappa shape index (κ1) is 13.6. The highest BCUT2D eigenvalue weighted by atomic mass is 16.5. The van der Waals surface area contributed by atoms with E-state index < -0.39 is 0 Å². The molecule has 2 rings (SSSR count). The lowest BCUT2D eigenvalue weighted by Crippen LogP contribution is -2.48. The number of rotatable bonds is 2. The number of anilines is 1. The van der Waals surface area contributed by atoms with E-state index in [9.17, 15) is 0 Å². The van der Waals surface area contributed by atoms with Gasteiger partial charge in [-0.2, -0.15) is 0 Å². The molecule has 0 amide bonds. The molecule has 1 aliphatic heterocycles. The molecule has 0 atom stereocenters. The summed E-state index contributed by atoms with van der Waals surface area (Å²) in [6.07, 6.45) is 0. The zero-order chi connectivity index (χ0) is 14.0. The molecule has 2 heterocycles. The highest BCUT2D eigenvalue weighted by molar-refractivity contribution is 5.97. The molecule has 0 unspecified atom stereocenters. The Hall–Kier alpha value is -1.82. The third-order valence-electron chi connectivity index (χ3n) is 3.09. The first-order chi connectivity index (χ1) is 8.91. The number of hydrogen-bond donors (Lipinski definition) is 2. The molecule has 0 aromatic carbocycles. The van der Waals surface area contributed by atoms with Crippen LogP contribution in [0.1, 0.15) is 25.1 Å². The van der Waals surface area contributed by atoms with Gasteiger partial charge in [0.15, 0.2) is 5.84 Å². The molecular formula is C13H20N4O2. The van der Waals surface area contributed by atoms with E-state index in [1.54, 1.807) is 6.07 Å². The van der Waals surface area contributed by atoms with Crippen molar-refractivity contribution >= 4 is 11.7 Å². The molecule has 104 valence electrons. The molecule has 6 heteroatoms. The van der Waals surface area contributed by atoms with Gasteiger partial charge >= 0.3 is 0 Å². The van der Waals surface area contributed by atoms with Crippen LogP contribution in [0, 0.1) is 6.92 Å². The Kier molecular flexibility index (Phi) is 3.61. The fourth-order valence-corrected chi connectivity index (χ4v) is 2.23. The maximum absolute atomic E-state index is 8.77. The number of aromatic nitrogens is 1. The van der Waals surface area contributed by atoms with Gasteiger partial charge in [-0.3, -0.25) is 0 Å². The number of nitrogens with zero attached hydrogens (tertiary/aromatic N) is 3. The zero-order valence-corrected chi connectivity index (χ0v) is 11.6. The minimum Gasteiger partial charge on any atom is -0.409 e. The lowest BCUT2D eigenvalue weighted by atomic mass is 10.1. The number of nitrogens with two attached hydrogens (primary N) is 1. The van der Waals surface area contributed by atoms with Crippen LogP contribution < -0.4 is 10.6 Å². The monoisotopic (exact) mass is 264 g/mol. The van der Waals surface area contributed by atoms with Crippen LogP contribution in [0.2, 0.25) is 0 Å². The van der Waals surface area contributed by atoms with Crippen molar-refractivity contribution in [2.24, 2.45) is 10.9 Å². The minimum absolute atomic E-state index is 0.0965. The van der Waals surface area contributed by atoms with Crippen LogP contribution in [0.25, 0.3) is 0 Å². The molecule has 0 aliphatic carbocycles. The number of hydrogen-bond acceptors (Lipinski definition) is 5. The second kappa shape index (κ2) is 5.05. The number of aryl methyl sites for hydroxylation is 1. The average molecular weight is 264 g/mol. The normalized spacial score (nSPS) is 19.5. The Morgan fingerprint density at radius 2 is 2.26 bits per heavy atom. The van der Waals surface area contributed by atoms with E-state index in [2.05, 4.69) is 28.9 Å². The lowest BCUT2D eigenvalue weighted by molar-refractivity contribution is -0.0279. The van der Waals surface area contributed by atoms with Crippen molar-refractivity contribution < 1.29 is 9.94 Å². The predicted octanol–water partition coefficient (Wildman–Crippen LogP) is 1.10. The highest BCUT2D eigenvalue weighted by Crippen LogP contribution is 2.22. The van der Waals surface area contributed by atoms with E-state index in [0.717, 1.165) is 24.6 Å². The molecule has 1 aliphatic rings. The highest BCUT2D eigenvalue weighted by Gasteiger charge is 2.28. The summed E-state index contributed by atoms with van der Waals surface area (Å²) in [7, 11) is 0. The van der Waals surface area contributed by atoms with Crippen molar-refractivity contribution in [3.05, 3.63) is 23.4 Å². The van der Waals surface area contributed by atoms with Crippen molar-refractivity contribution in [1.82, 2.24) is 4.98 Å². The Morgan fingerprint density at radius 3 is 2.89 bits per heavy atom.